The summed E-state index contributed by atoms with van der Waals surface area (Å²) in [4.78, 5) is 35.9. The Labute approximate surface area is 220 Å². The Bertz CT molecular complexity index is 885. The van der Waals surface area contributed by atoms with Crippen molar-refractivity contribution in [3.8, 4) is 5.75 Å². The molecule has 0 N–H and O–H groups in total. The number of hydrogen-bond acceptors (Lipinski definition) is 9. The van der Waals surface area contributed by atoms with Crippen molar-refractivity contribution in [3.63, 3.8) is 0 Å². The Morgan fingerprint density at radius 3 is 2.00 bits per heavy atom. The fraction of sp³-hybridized carbons (Fsp3) is 0.679. The quantitative estimate of drug-likeness (QED) is 0.161. The fourth-order valence-corrected chi connectivity index (χ4v) is 4.45. The van der Waals surface area contributed by atoms with Gasteiger partial charge in [0.2, 0.25) is 0 Å². The normalized spacial score (nSPS) is 23.6. The van der Waals surface area contributed by atoms with Gasteiger partial charge >= 0.3 is 18.1 Å². The first kappa shape index (κ1) is 30.6. The summed E-state index contributed by atoms with van der Waals surface area (Å²) in [7, 11) is 0. The molecule has 0 amide bonds. The molecule has 5 atom stereocenters. The highest BCUT2D eigenvalue weighted by Gasteiger charge is 2.47. The van der Waals surface area contributed by atoms with Gasteiger partial charge in [0.1, 0.15) is 11.9 Å². The average Bonchev–Trinajstić information content (AvgIpc) is 2.81. The van der Waals surface area contributed by atoms with Crippen LogP contribution in [0.25, 0.3) is 0 Å². The topological polar surface area (TPSA) is 107 Å². The molecule has 1 aromatic carbocycles. The number of carbonyl (C=O) groups excluding carboxylic acids is 3. The van der Waals surface area contributed by atoms with E-state index >= 15 is 0 Å². The lowest BCUT2D eigenvalue weighted by molar-refractivity contribution is -0.290. The van der Waals surface area contributed by atoms with Gasteiger partial charge in [-0.15, -0.1) is 0 Å². The molecule has 1 aromatic rings. The number of esters is 2. The van der Waals surface area contributed by atoms with E-state index in [0.717, 1.165) is 11.1 Å². The van der Waals surface area contributed by atoms with E-state index in [4.69, 9.17) is 28.4 Å². The first-order valence-corrected chi connectivity index (χ1v) is 13.0. The third-order valence-corrected chi connectivity index (χ3v) is 6.31. The van der Waals surface area contributed by atoms with Gasteiger partial charge in [0.05, 0.1) is 19.3 Å². The molecule has 0 unspecified atom stereocenters. The third-order valence-electron chi connectivity index (χ3n) is 6.31. The number of para-hydroxylation sites is 1. The molecular weight excluding hydrogens is 480 g/mol. The van der Waals surface area contributed by atoms with Crippen molar-refractivity contribution in [2.45, 2.75) is 105 Å². The molecule has 0 radical (unpaired) electrons. The lowest BCUT2D eigenvalue weighted by Gasteiger charge is -2.43. The molecule has 0 aromatic heterocycles. The first-order valence-electron chi connectivity index (χ1n) is 13.0. The van der Waals surface area contributed by atoms with Crippen LogP contribution < -0.4 is 4.74 Å². The minimum atomic E-state index is -0.923. The Balaban J connectivity index is 1.96. The maximum absolute atomic E-state index is 12.4. The molecule has 0 bridgehead atoms. The Hall–Kier alpha value is -2.65. The molecule has 1 heterocycles. The van der Waals surface area contributed by atoms with Crippen LogP contribution in [-0.4, -0.2) is 55.9 Å². The van der Waals surface area contributed by atoms with E-state index in [1.807, 2.05) is 59.7 Å². The van der Waals surface area contributed by atoms with Crippen molar-refractivity contribution in [1.29, 1.82) is 0 Å². The molecule has 1 aliphatic rings. The second kappa shape index (κ2) is 14.3. The third kappa shape index (κ3) is 8.71. The molecular formula is C28H42O9. The van der Waals surface area contributed by atoms with E-state index in [2.05, 4.69) is 0 Å². The van der Waals surface area contributed by atoms with E-state index in [-0.39, 0.29) is 37.1 Å². The van der Waals surface area contributed by atoms with Gasteiger partial charge in [0, 0.05) is 26.2 Å². The predicted octanol–water partition coefficient (Wildman–Crippen LogP) is 5.49. The zero-order valence-electron chi connectivity index (χ0n) is 23.3. The van der Waals surface area contributed by atoms with E-state index in [1.165, 1.54) is 13.8 Å². The van der Waals surface area contributed by atoms with Crippen molar-refractivity contribution in [3.05, 3.63) is 29.3 Å². The highest BCUT2D eigenvalue weighted by molar-refractivity contribution is 5.67. The summed E-state index contributed by atoms with van der Waals surface area (Å²) < 4.78 is 33.7. The lowest BCUT2D eigenvalue weighted by atomic mass is 9.89. The first-order chi connectivity index (χ1) is 17.5. The molecule has 0 aliphatic carbocycles. The number of ether oxygens (including phenoxy) is 6. The van der Waals surface area contributed by atoms with Crippen molar-refractivity contribution >= 4 is 18.1 Å². The average molecular weight is 523 g/mol. The van der Waals surface area contributed by atoms with Gasteiger partial charge in [-0.05, 0) is 29.4 Å². The summed E-state index contributed by atoms with van der Waals surface area (Å²) in [5.41, 5.74) is 1.89. The highest BCUT2D eigenvalue weighted by atomic mass is 16.7. The molecule has 1 aliphatic heterocycles. The summed E-state index contributed by atoms with van der Waals surface area (Å²) in [6.07, 6.45) is -2.54. The molecule has 2 rings (SSSR count). The van der Waals surface area contributed by atoms with Gasteiger partial charge < -0.3 is 28.4 Å². The molecule has 1 fully saturated rings. The van der Waals surface area contributed by atoms with Crippen LogP contribution in [0.3, 0.4) is 0 Å². The minimum absolute atomic E-state index is 0.0611. The van der Waals surface area contributed by atoms with Crippen molar-refractivity contribution in [2.24, 2.45) is 5.92 Å². The van der Waals surface area contributed by atoms with E-state index in [1.54, 1.807) is 0 Å². The summed E-state index contributed by atoms with van der Waals surface area (Å²) in [6, 6.07) is 5.86. The molecule has 208 valence electrons. The largest absolute Gasteiger partial charge is 0.513 e. The zero-order valence-corrected chi connectivity index (χ0v) is 23.3. The number of hydrogen-bond donors (Lipinski definition) is 0. The van der Waals surface area contributed by atoms with E-state index < -0.39 is 36.6 Å². The molecule has 0 spiro atoms. The zero-order chi connectivity index (χ0) is 27.7. The highest BCUT2D eigenvalue weighted by Crippen LogP contribution is 2.35. The van der Waals surface area contributed by atoms with Crippen molar-refractivity contribution in [2.75, 3.05) is 13.2 Å². The number of benzene rings is 1. The SMILES string of the molecule is CC[C@H]1O[C@@H](OCCCOC(=O)Oc2c(C(C)C)cccc2C(C)C)[C@H](OC(C)=O)[C@@H](OC(C)=O)[C@@H]1C. The van der Waals surface area contributed by atoms with Crippen LogP contribution in [0.2, 0.25) is 0 Å². The number of rotatable bonds is 11. The minimum Gasteiger partial charge on any atom is -0.458 e. The predicted molar refractivity (Wildman–Crippen MR) is 136 cm³/mol. The van der Waals surface area contributed by atoms with Gasteiger partial charge in [-0.3, -0.25) is 9.59 Å². The van der Waals surface area contributed by atoms with Gasteiger partial charge in [0.25, 0.3) is 0 Å². The van der Waals surface area contributed by atoms with Gasteiger partial charge in [0.15, 0.2) is 12.4 Å². The molecule has 0 saturated carbocycles. The van der Waals surface area contributed by atoms with Crippen LogP contribution in [0.1, 0.15) is 91.2 Å². The van der Waals surface area contributed by atoms with E-state index in [9.17, 15) is 14.4 Å². The summed E-state index contributed by atoms with van der Waals surface area (Å²) in [6.45, 7) is 14.8. The summed E-state index contributed by atoms with van der Waals surface area (Å²) >= 11 is 0. The fourth-order valence-electron chi connectivity index (χ4n) is 4.45. The van der Waals surface area contributed by atoms with Gasteiger partial charge in [-0.2, -0.15) is 0 Å². The van der Waals surface area contributed by atoms with Crippen LogP contribution in [0, 0.1) is 5.92 Å². The van der Waals surface area contributed by atoms with Crippen LogP contribution >= 0.6 is 0 Å². The van der Waals surface area contributed by atoms with Crippen LogP contribution in [0.4, 0.5) is 4.79 Å². The van der Waals surface area contributed by atoms with Crippen LogP contribution in [0.5, 0.6) is 5.75 Å². The van der Waals surface area contributed by atoms with Crippen molar-refractivity contribution < 1.29 is 42.8 Å². The second-order valence-electron chi connectivity index (χ2n) is 9.96. The Kier molecular flexibility index (Phi) is 11.8. The lowest BCUT2D eigenvalue weighted by Crippen LogP contribution is -2.57. The maximum atomic E-state index is 12.4. The van der Waals surface area contributed by atoms with Gasteiger partial charge in [-0.1, -0.05) is 59.7 Å². The molecule has 1 saturated heterocycles. The number of carbonyl (C=O) groups is 3. The standard InChI is InChI=1S/C28H42O9/c1-9-23-18(6)24(34-19(7)29)26(35-20(8)30)27(36-23)32-14-11-15-33-28(31)37-25-21(16(2)3)12-10-13-22(25)17(4)5/h10,12-13,16-18,23-24,26-27H,9,11,14-15H2,1-8H3/t18-,23-,24+,26-,27-/m1/s1. The molecule has 9 nitrogen and oxygen atoms in total. The molecule has 37 heavy (non-hydrogen) atoms. The Morgan fingerprint density at radius 2 is 1.49 bits per heavy atom. The van der Waals surface area contributed by atoms with E-state index in [0.29, 0.717) is 18.6 Å². The Morgan fingerprint density at radius 1 is 0.919 bits per heavy atom. The maximum Gasteiger partial charge on any atom is 0.513 e. The van der Waals surface area contributed by atoms with Crippen LogP contribution in [0.15, 0.2) is 18.2 Å². The monoisotopic (exact) mass is 522 g/mol. The summed E-state index contributed by atoms with van der Waals surface area (Å²) in [5, 5.41) is 0. The molecule has 9 heteroatoms. The van der Waals surface area contributed by atoms with Crippen molar-refractivity contribution in [1.82, 2.24) is 0 Å². The summed E-state index contributed by atoms with van der Waals surface area (Å²) in [5.74, 6) is -0.293. The van der Waals surface area contributed by atoms with Gasteiger partial charge in [-0.25, -0.2) is 4.79 Å². The van der Waals surface area contributed by atoms with Crippen LogP contribution in [-0.2, 0) is 33.3 Å². The second-order valence-corrected chi connectivity index (χ2v) is 9.96. The smallest absolute Gasteiger partial charge is 0.458 e.